The second-order valence-electron chi connectivity index (χ2n) is 6.16. The van der Waals surface area contributed by atoms with Crippen molar-refractivity contribution in [3.05, 3.63) is 17.5 Å². The highest BCUT2D eigenvalue weighted by Crippen LogP contribution is 2.10. The summed E-state index contributed by atoms with van der Waals surface area (Å²) >= 11 is 0. The van der Waals surface area contributed by atoms with Crippen LogP contribution in [-0.2, 0) is 13.1 Å². The van der Waals surface area contributed by atoms with Crippen LogP contribution in [0.3, 0.4) is 0 Å². The van der Waals surface area contributed by atoms with E-state index in [0.717, 1.165) is 13.1 Å². The van der Waals surface area contributed by atoms with Gasteiger partial charge < -0.3 is 5.32 Å². The molecule has 1 aromatic rings. The molecular formula is C17H33N3. The van der Waals surface area contributed by atoms with Crippen molar-refractivity contribution < 1.29 is 0 Å². The molecule has 0 saturated carbocycles. The first kappa shape index (κ1) is 17.2. The summed E-state index contributed by atoms with van der Waals surface area (Å²) in [5, 5.41) is 8.07. The molecule has 0 atom stereocenters. The van der Waals surface area contributed by atoms with Gasteiger partial charge in [-0.2, -0.15) is 5.10 Å². The summed E-state index contributed by atoms with van der Waals surface area (Å²) in [6.07, 6.45) is 11.7. The van der Waals surface area contributed by atoms with E-state index in [1.54, 1.807) is 0 Å². The standard InChI is InChI=1S/C17H33N3/c1-5-6-7-8-9-10-11-12-20-14-17(16(4)19-20)13-18-15(2)3/h14-15,18H,5-13H2,1-4H3. The topological polar surface area (TPSA) is 29.9 Å². The Morgan fingerprint density at radius 3 is 2.40 bits per heavy atom. The molecule has 0 saturated heterocycles. The van der Waals surface area contributed by atoms with Crippen molar-refractivity contribution in [3.63, 3.8) is 0 Å². The van der Waals surface area contributed by atoms with Gasteiger partial charge in [0.2, 0.25) is 0 Å². The number of unbranched alkanes of at least 4 members (excludes halogenated alkanes) is 6. The van der Waals surface area contributed by atoms with Crippen LogP contribution in [0.25, 0.3) is 0 Å². The summed E-state index contributed by atoms with van der Waals surface area (Å²) in [7, 11) is 0. The van der Waals surface area contributed by atoms with Gasteiger partial charge in [0.1, 0.15) is 0 Å². The molecule has 0 bridgehead atoms. The Balaban J connectivity index is 2.19. The molecule has 0 radical (unpaired) electrons. The van der Waals surface area contributed by atoms with Crippen LogP contribution in [0, 0.1) is 6.92 Å². The molecular weight excluding hydrogens is 246 g/mol. The van der Waals surface area contributed by atoms with Crippen molar-refractivity contribution in [2.45, 2.75) is 91.8 Å². The van der Waals surface area contributed by atoms with Crippen LogP contribution in [0.5, 0.6) is 0 Å². The first-order valence-corrected chi connectivity index (χ1v) is 8.39. The summed E-state index contributed by atoms with van der Waals surface area (Å²) < 4.78 is 2.12. The lowest BCUT2D eigenvalue weighted by atomic mass is 10.1. The SMILES string of the molecule is CCCCCCCCCn1cc(CNC(C)C)c(C)n1. The van der Waals surface area contributed by atoms with E-state index in [1.807, 2.05) is 0 Å². The van der Waals surface area contributed by atoms with E-state index in [9.17, 15) is 0 Å². The van der Waals surface area contributed by atoms with Gasteiger partial charge in [0, 0.05) is 30.9 Å². The molecule has 0 amide bonds. The Labute approximate surface area is 125 Å². The third kappa shape index (κ3) is 7.09. The molecule has 0 aliphatic heterocycles. The summed E-state index contributed by atoms with van der Waals surface area (Å²) in [6.45, 7) is 10.7. The van der Waals surface area contributed by atoms with E-state index >= 15 is 0 Å². The molecule has 0 aliphatic carbocycles. The molecule has 0 unspecified atom stereocenters. The zero-order chi connectivity index (χ0) is 14.8. The van der Waals surface area contributed by atoms with E-state index in [1.165, 1.54) is 56.2 Å². The van der Waals surface area contributed by atoms with E-state index in [4.69, 9.17) is 0 Å². The van der Waals surface area contributed by atoms with Crippen molar-refractivity contribution in [1.29, 1.82) is 0 Å². The second-order valence-corrected chi connectivity index (χ2v) is 6.16. The average molecular weight is 279 g/mol. The minimum absolute atomic E-state index is 0.529. The zero-order valence-electron chi connectivity index (χ0n) is 13.9. The van der Waals surface area contributed by atoms with Gasteiger partial charge in [0.25, 0.3) is 0 Å². The number of hydrogen-bond acceptors (Lipinski definition) is 2. The molecule has 116 valence electrons. The maximum Gasteiger partial charge on any atom is 0.0638 e. The molecule has 1 heterocycles. The highest BCUT2D eigenvalue weighted by atomic mass is 15.3. The molecule has 20 heavy (non-hydrogen) atoms. The average Bonchev–Trinajstić information content (AvgIpc) is 2.76. The van der Waals surface area contributed by atoms with Crippen molar-refractivity contribution in [2.24, 2.45) is 0 Å². The van der Waals surface area contributed by atoms with Crippen molar-refractivity contribution in [1.82, 2.24) is 15.1 Å². The highest BCUT2D eigenvalue weighted by molar-refractivity contribution is 5.15. The summed E-state index contributed by atoms with van der Waals surface area (Å²) in [4.78, 5) is 0. The number of nitrogens with one attached hydrogen (secondary N) is 1. The Morgan fingerprint density at radius 1 is 1.10 bits per heavy atom. The van der Waals surface area contributed by atoms with Gasteiger partial charge in [-0.25, -0.2) is 0 Å². The van der Waals surface area contributed by atoms with E-state index in [0.29, 0.717) is 6.04 Å². The molecule has 0 aromatic carbocycles. The van der Waals surface area contributed by atoms with Gasteiger partial charge in [-0.05, 0) is 13.3 Å². The van der Waals surface area contributed by atoms with Crippen LogP contribution in [-0.4, -0.2) is 15.8 Å². The van der Waals surface area contributed by atoms with Gasteiger partial charge in [0.15, 0.2) is 0 Å². The summed E-state index contributed by atoms with van der Waals surface area (Å²) in [5.74, 6) is 0. The van der Waals surface area contributed by atoms with Crippen molar-refractivity contribution >= 4 is 0 Å². The lowest BCUT2D eigenvalue weighted by Crippen LogP contribution is -2.21. The lowest BCUT2D eigenvalue weighted by Gasteiger charge is -2.06. The Bertz CT molecular complexity index is 355. The fourth-order valence-electron chi connectivity index (χ4n) is 2.39. The van der Waals surface area contributed by atoms with E-state index in [2.05, 4.69) is 49.0 Å². The van der Waals surface area contributed by atoms with Crippen LogP contribution < -0.4 is 5.32 Å². The Kier molecular flexibility index (Phi) is 8.59. The lowest BCUT2D eigenvalue weighted by molar-refractivity contribution is 0.521. The smallest absolute Gasteiger partial charge is 0.0638 e. The van der Waals surface area contributed by atoms with E-state index in [-0.39, 0.29) is 0 Å². The van der Waals surface area contributed by atoms with Gasteiger partial charge in [-0.3, -0.25) is 4.68 Å². The van der Waals surface area contributed by atoms with Crippen molar-refractivity contribution in [2.75, 3.05) is 0 Å². The predicted molar refractivity (Wildman–Crippen MR) is 86.9 cm³/mol. The number of aryl methyl sites for hydroxylation is 2. The van der Waals surface area contributed by atoms with Crippen LogP contribution >= 0.6 is 0 Å². The summed E-state index contributed by atoms with van der Waals surface area (Å²) in [6, 6.07) is 0.529. The Morgan fingerprint density at radius 2 is 1.75 bits per heavy atom. The number of nitrogens with zero attached hydrogens (tertiary/aromatic N) is 2. The first-order valence-electron chi connectivity index (χ1n) is 8.39. The minimum Gasteiger partial charge on any atom is -0.310 e. The fourth-order valence-corrected chi connectivity index (χ4v) is 2.39. The third-order valence-corrected chi connectivity index (χ3v) is 3.74. The zero-order valence-corrected chi connectivity index (χ0v) is 13.9. The molecule has 3 heteroatoms. The number of rotatable bonds is 11. The molecule has 1 rings (SSSR count). The second kappa shape index (κ2) is 9.98. The Hall–Kier alpha value is -0.830. The van der Waals surface area contributed by atoms with Crippen LogP contribution in [0.2, 0.25) is 0 Å². The van der Waals surface area contributed by atoms with Crippen molar-refractivity contribution in [3.8, 4) is 0 Å². The van der Waals surface area contributed by atoms with Gasteiger partial charge in [-0.1, -0.05) is 59.3 Å². The quantitative estimate of drug-likeness (QED) is 0.607. The van der Waals surface area contributed by atoms with Gasteiger partial charge in [-0.15, -0.1) is 0 Å². The molecule has 0 spiro atoms. The highest BCUT2D eigenvalue weighted by Gasteiger charge is 2.05. The fraction of sp³-hybridized carbons (Fsp3) is 0.824. The molecule has 0 aliphatic rings. The molecule has 1 N–H and O–H groups in total. The monoisotopic (exact) mass is 279 g/mol. The molecule has 1 aromatic heterocycles. The van der Waals surface area contributed by atoms with Crippen LogP contribution in [0.15, 0.2) is 6.20 Å². The minimum atomic E-state index is 0.529. The normalized spacial score (nSPS) is 11.4. The first-order chi connectivity index (χ1) is 9.63. The largest absolute Gasteiger partial charge is 0.310 e. The van der Waals surface area contributed by atoms with Gasteiger partial charge >= 0.3 is 0 Å². The maximum absolute atomic E-state index is 4.61. The van der Waals surface area contributed by atoms with Crippen LogP contribution in [0.4, 0.5) is 0 Å². The van der Waals surface area contributed by atoms with Gasteiger partial charge in [0.05, 0.1) is 5.69 Å². The summed E-state index contributed by atoms with van der Waals surface area (Å²) in [5.41, 5.74) is 2.50. The van der Waals surface area contributed by atoms with E-state index < -0.39 is 0 Å². The number of aromatic nitrogens is 2. The maximum atomic E-state index is 4.61. The molecule has 3 nitrogen and oxygen atoms in total. The molecule has 0 fully saturated rings. The predicted octanol–water partition coefficient (Wildman–Crippen LogP) is 4.44. The number of hydrogen-bond donors (Lipinski definition) is 1. The third-order valence-electron chi connectivity index (χ3n) is 3.74. The van der Waals surface area contributed by atoms with Crippen LogP contribution in [0.1, 0.15) is 77.0 Å².